The molecule has 2 aromatic heterocycles. The van der Waals surface area contributed by atoms with Gasteiger partial charge in [-0.05, 0) is 30.9 Å². The van der Waals surface area contributed by atoms with E-state index < -0.39 is 11.1 Å². The number of nitrogens with zero attached hydrogens (tertiary/aromatic N) is 4. The van der Waals surface area contributed by atoms with Crippen molar-refractivity contribution in [1.29, 1.82) is 0 Å². The summed E-state index contributed by atoms with van der Waals surface area (Å²) in [6, 6.07) is 5.20. The van der Waals surface area contributed by atoms with Crippen LogP contribution in [0.25, 0.3) is 11.2 Å². The third-order valence-corrected chi connectivity index (χ3v) is 5.61. The van der Waals surface area contributed by atoms with Crippen LogP contribution in [0.3, 0.4) is 0 Å². The minimum atomic E-state index is -2.45. The lowest BCUT2D eigenvalue weighted by Gasteiger charge is -2.34. The Bertz CT molecular complexity index is 970. The van der Waals surface area contributed by atoms with Gasteiger partial charge < -0.3 is 20.3 Å². The molecule has 1 fully saturated rings. The maximum Gasteiger partial charge on any atom is 0.235 e. The summed E-state index contributed by atoms with van der Waals surface area (Å²) in [6.07, 6.45) is 4.79. The molecule has 0 aliphatic carbocycles. The predicted octanol–water partition coefficient (Wildman–Crippen LogP) is 1.83. The van der Waals surface area contributed by atoms with Crippen LogP contribution in [0.5, 0.6) is 0 Å². The number of aliphatic hydroxyl groups excluding tert-OH is 1. The molecule has 3 aromatic rings. The Labute approximate surface area is 158 Å². The molecule has 3 heterocycles. The summed E-state index contributed by atoms with van der Waals surface area (Å²) in [5, 5.41) is 12.6. The van der Waals surface area contributed by atoms with Crippen molar-refractivity contribution in [1.82, 2.24) is 19.9 Å². The molecular weight excluding hydrogens is 368 g/mol. The molecule has 9 nitrogen and oxygen atoms in total. The molecule has 0 amide bonds. The lowest BCUT2D eigenvalue weighted by Crippen LogP contribution is -2.35. The molecular formula is C17H21N6O3S+. The van der Waals surface area contributed by atoms with Gasteiger partial charge in [0.05, 0.1) is 17.7 Å². The van der Waals surface area contributed by atoms with E-state index in [0.29, 0.717) is 33.5 Å². The Morgan fingerprint density at radius 3 is 2.81 bits per heavy atom. The van der Waals surface area contributed by atoms with Gasteiger partial charge in [0.25, 0.3) is 0 Å². The summed E-state index contributed by atoms with van der Waals surface area (Å²) in [7, 11) is 0. The first-order valence-corrected chi connectivity index (χ1v) is 9.94. The highest BCUT2D eigenvalue weighted by Gasteiger charge is 2.22. The highest BCUT2D eigenvalue weighted by molar-refractivity contribution is 7.79. The molecule has 1 atom stereocenters. The molecule has 1 unspecified atom stereocenters. The maximum atomic E-state index is 11.6. The zero-order valence-electron chi connectivity index (χ0n) is 14.5. The number of hydrogen-bond acceptors (Lipinski definition) is 7. The van der Waals surface area contributed by atoms with E-state index >= 15 is 0 Å². The first kappa shape index (κ1) is 17.8. The topological polar surface area (TPSA) is 127 Å². The Balaban J connectivity index is 1.70. The molecule has 0 bridgehead atoms. The van der Waals surface area contributed by atoms with Crippen LogP contribution in [0.4, 0.5) is 17.2 Å². The van der Waals surface area contributed by atoms with Crippen LogP contribution in [0.1, 0.15) is 12.8 Å². The van der Waals surface area contributed by atoms with Crippen molar-refractivity contribution >= 4 is 39.4 Å². The summed E-state index contributed by atoms with van der Waals surface area (Å²) in [6.45, 7) is 1.84. The van der Waals surface area contributed by atoms with Crippen molar-refractivity contribution in [2.75, 3.05) is 29.9 Å². The monoisotopic (exact) mass is 389 g/mol. The highest BCUT2D eigenvalue weighted by atomic mass is 32.2. The Kier molecular flexibility index (Phi) is 5.01. The zero-order chi connectivity index (χ0) is 18.8. The molecule has 0 spiro atoms. The van der Waals surface area contributed by atoms with Gasteiger partial charge in [0.2, 0.25) is 11.1 Å². The molecule has 27 heavy (non-hydrogen) atoms. The lowest BCUT2D eigenvalue weighted by molar-refractivity contribution is 0.203. The van der Waals surface area contributed by atoms with E-state index in [0.717, 1.165) is 31.6 Å². The SMILES string of the molecule is O=[SH+](O)c1ccc(N2CCC(CO)CC2)c(Nc2ncnc3nc[nH]c23)c1. The van der Waals surface area contributed by atoms with Crippen LogP contribution in [0.15, 0.2) is 35.7 Å². The van der Waals surface area contributed by atoms with Gasteiger partial charge in [-0.15, -0.1) is 0 Å². The number of benzene rings is 1. The van der Waals surface area contributed by atoms with Crippen LogP contribution >= 0.6 is 0 Å². The van der Waals surface area contributed by atoms with Crippen LogP contribution in [-0.2, 0) is 15.3 Å². The number of imidazole rings is 1. The molecule has 1 saturated heterocycles. The van der Waals surface area contributed by atoms with E-state index in [1.807, 2.05) is 6.07 Å². The number of hydrogen-bond donors (Lipinski definition) is 4. The smallest absolute Gasteiger partial charge is 0.235 e. The minimum Gasteiger partial charge on any atom is -0.396 e. The molecule has 1 aliphatic rings. The second-order valence-electron chi connectivity index (χ2n) is 6.54. The van der Waals surface area contributed by atoms with E-state index in [4.69, 9.17) is 0 Å². The average molecular weight is 389 g/mol. The maximum absolute atomic E-state index is 11.6. The van der Waals surface area contributed by atoms with Gasteiger partial charge in [0, 0.05) is 25.8 Å². The summed E-state index contributed by atoms with van der Waals surface area (Å²) in [4.78, 5) is 18.1. The van der Waals surface area contributed by atoms with Crippen molar-refractivity contribution < 1.29 is 13.9 Å². The summed E-state index contributed by atoms with van der Waals surface area (Å²) in [5.41, 5.74) is 2.84. The predicted molar refractivity (Wildman–Crippen MR) is 104 cm³/mol. The number of thiol groups is 1. The van der Waals surface area contributed by atoms with Crippen molar-refractivity contribution in [2.24, 2.45) is 5.92 Å². The second kappa shape index (κ2) is 7.59. The Morgan fingerprint density at radius 2 is 2.07 bits per heavy atom. The fourth-order valence-electron chi connectivity index (χ4n) is 3.36. The Hall–Kier alpha value is -2.56. The first-order chi connectivity index (χ1) is 13.2. The third-order valence-electron chi connectivity index (χ3n) is 4.89. The average Bonchev–Trinajstić information content (AvgIpc) is 3.18. The summed E-state index contributed by atoms with van der Waals surface area (Å²) < 4.78 is 21.1. The third kappa shape index (κ3) is 3.64. The van der Waals surface area contributed by atoms with Gasteiger partial charge in [-0.25, -0.2) is 15.0 Å². The number of aromatic amines is 1. The second-order valence-corrected chi connectivity index (χ2v) is 7.60. The van der Waals surface area contributed by atoms with Crippen LogP contribution in [0, 0.1) is 5.92 Å². The van der Waals surface area contributed by atoms with Gasteiger partial charge in [0.1, 0.15) is 11.8 Å². The summed E-state index contributed by atoms with van der Waals surface area (Å²) in [5.74, 6) is 0.879. The van der Waals surface area contributed by atoms with Crippen molar-refractivity contribution in [3.63, 3.8) is 0 Å². The lowest BCUT2D eigenvalue weighted by atomic mass is 9.97. The van der Waals surface area contributed by atoms with Crippen molar-refractivity contribution in [2.45, 2.75) is 17.7 Å². The van der Waals surface area contributed by atoms with E-state index in [9.17, 15) is 13.9 Å². The number of anilines is 3. The van der Waals surface area contributed by atoms with E-state index in [-0.39, 0.29) is 6.61 Å². The van der Waals surface area contributed by atoms with Gasteiger partial charge in [-0.2, -0.15) is 4.55 Å². The van der Waals surface area contributed by atoms with E-state index in [2.05, 4.69) is 30.2 Å². The van der Waals surface area contributed by atoms with Gasteiger partial charge in [-0.3, -0.25) is 0 Å². The number of piperidine rings is 1. The molecule has 1 aromatic carbocycles. The zero-order valence-corrected chi connectivity index (χ0v) is 15.4. The number of rotatable bonds is 5. The van der Waals surface area contributed by atoms with Gasteiger partial charge in [0.15, 0.2) is 16.4 Å². The van der Waals surface area contributed by atoms with E-state index in [1.54, 1.807) is 18.5 Å². The molecule has 4 N–H and O–H groups in total. The minimum absolute atomic E-state index is 0.210. The standard InChI is InChI=1S/C17H20N6O3S/c24-8-11-3-5-23(6-4-11)14-2-1-12(27(25)26)7-13(14)22-17-15-16(19-9-18-15)20-10-21-17/h1-2,7,9-11,24H,3-6,8H2,(H,25,26)(H2,18,19,20,21,22)/p+1. The fourth-order valence-corrected chi connectivity index (χ4v) is 3.80. The summed E-state index contributed by atoms with van der Waals surface area (Å²) >= 11 is -2.45. The highest BCUT2D eigenvalue weighted by Crippen LogP contribution is 2.34. The first-order valence-electron chi connectivity index (χ1n) is 8.73. The van der Waals surface area contributed by atoms with Crippen LogP contribution in [0.2, 0.25) is 0 Å². The van der Waals surface area contributed by atoms with Gasteiger partial charge in [-0.1, -0.05) is 4.21 Å². The Morgan fingerprint density at radius 1 is 1.26 bits per heavy atom. The number of nitrogens with one attached hydrogen (secondary N) is 2. The molecule has 142 valence electrons. The van der Waals surface area contributed by atoms with E-state index in [1.165, 1.54) is 6.33 Å². The number of H-pyrrole nitrogens is 1. The fraction of sp³-hybridized carbons (Fsp3) is 0.353. The quantitative estimate of drug-likeness (QED) is 0.384. The largest absolute Gasteiger partial charge is 0.396 e. The van der Waals surface area contributed by atoms with Crippen LogP contribution < -0.4 is 10.2 Å². The van der Waals surface area contributed by atoms with Gasteiger partial charge >= 0.3 is 0 Å². The number of aliphatic hydroxyl groups is 1. The van der Waals surface area contributed by atoms with Crippen LogP contribution in [-0.4, -0.2) is 49.3 Å². The molecule has 0 radical (unpaired) electrons. The molecule has 10 heteroatoms. The molecule has 1 aliphatic heterocycles. The normalized spacial score (nSPS) is 16.6. The molecule has 4 rings (SSSR count). The molecule has 0 saturated carbocycles. The number of aromatic nitrogens is 4. The van der Waals surface area contributed by atoms with Crippen molar-refractivity contribution in [3.05, 3.63) is 30.9 Å². The number of fused-ring (bicyclic) bond motifs is 1. The van der Waals surface area contributed by atoms with Crippen molar-refractivity contribution in [3.8, 4) is 0 Å².